The second-order valence-electron chi connectivity index (χ2n) is 6.32. The van der Waals surface area contributed by atoms with Gasteiger partial charge in [0, 0.05) is 13.1 Å². The molecule has 1 saturated carbocycles. The van der Waals surface area contributed by atoms with Gasteiger partial charge in [-0.05, 0) is 32.2 Å². The fourth-order valence-corrected chi connectivity index (χ4v) is 4.03. The number of fused-ring (bicyclic) bond motifs is 1. The van der Waals surface area contributed by atoms with Crippen LogP contribution in [0.2, 0.25) is 0 Å². The van der Waals surface area contributed by atoms with Crippen molar-refractivity contribution in [2.75, 3.05) is 26.2 Å². The SMILES string of the molecule is CCC1(C(=O)N2CCOC3CCCCC32)CCNC1. The first-order chi connectivity index (χ1) is 9.27. The van der Waals surface area contributed by atoms with E-state index in [0.29, 0.717) is 18.1 Å². The monoisotopic (exact) mass is 266 g/mol. The largest absolute Gasteiger partial charge is 0.374 e. The predicted octanol–water partition coefficient (Wildman–Crippen LogP) is 1.55. The lowest BCUT2D eigenvalue weighted by Gasteiger charge is -2.46. The highest BCUT2D eigenvalue weighted by atomic mass is 16.5. The van der Waals surface area contributed by atoms with Crippen LogP contribution < -0.4 is 5.32 Å². The fourth-order valence-electron chi connectivity index (χ4n) is 4.03. The van der Waals surface area contributed by atoms with Crippen LogP contribution in [0.1, 0.15) is 45.4 Å². The predicted molar refractivity (Wildman–Crippen MR) is 73.9 cm³/mol. The van der Waals surface area contributed by atoms with Crippen molar-refractivity contribution in [1.29, 1.82) is 0 Å². The van der Waals surface area contributed by atoms with Crippen molar-refractivity contribution in [3.63, 3.8) is 0 Å². The number of hydrogen-bond acceptors (Lipinski definition) is 3. The minimum absolute atomic E-state index is 0.140. The van der Waals surface area contributed by atoms with Crippen LogP contribution in [0.3, 0.4) is 0 Å². The molecule has 1 aliphatic carbocycles. The van der Waals surface area contributed by atoms with Gasteiger partial charge in [0.05, 0.1) is 24.2 Å². The number of amides is 1. The molecule has 108 valence electrons. The van der Waals surface area contributed by atoms with Gasteiger partial charge in [-0.25, -0.2) is 0 Å². The zero-order valence-electron chi connectivity index (χ0n) is 12.0. The molecule has 2 aliphatic heterocycles. The van der Waals surface area contributed by atoms with Gasteiger partial charge in [0.2, 0.25) is 5.91 Å². The molecule has 0 spiro atoms. The molecule has 4 heteroatoms. The molecule has 3 rings (SSSR count). The highest BCUT2D eigenvalue weighted by Gasteiger charge is 2.46. The van der Waals surface area contributed by atoms with E-state index < -0.39 is 0 Å². The van der Waals surface area contributed by atoms with Gasteiger partial charge in [-0.3, -0.25) is 4.79 Å². The Bertz CT molecular complexity index is 337. The standard InChI is InChI=1S/C15H26N2O2/c1-2-15(7-8-16-11-15)14(18)17-9-10-19-13-6-4-3-5-12(13)17/h12-13,16H,2-11H2,1H3. The van der Waals surface area contributed by atoms with Gasteiger partial charge in [0.25, 0.3) is 0 Å². The van der Waals surface area contributed by atoms with Crippen LogP contribution >= 0.6 is 0 Å². The number of carbonyl (C=O) groups excluding carboxylic acids is 1. The van der Waals surface area contributed by atoms with E-state index >= 15 is 0 Å². The van der Waals surface area contributed by atoms with E-state index in [0.717, 1.165) is 51.9 Å². The normalized spacial score (nSPS) is 39.1. The molecule has 19 heavy (non-hydrogen) atoms. The smallest absolute Gasteiger partial charge is 0.230 e. The average molecular weight is 266 g/mol. The van der Waals surface area contributed by atoms with Crippen LogP contribution in [0, 0.1) is 5.41 Å². The Morgan fingerprint density at radius 2 is 2.26 bits per heavy atom. The molecule has 0 bridgehead atoms. The maximum Gasteiger partial charge on any atom is 0.230 e. The topological polar surface area (TPSA) is 41.6 Å². The highest BCUT2D eigenvalue weighted by molar-refractivity contribution is 5.84. The zero-order valence-corrected chi connectivity index (χ0v) is 12.0. The van der Waals surface area contributed by atoms with E-state index in [4.69, 9.17) is 4.74 Å². The Labute approximate surface area is 115 Å². The minimum Gasteiger partial charge on any atom is -0.374 e. The van der Waals surface area contributed by atoms with Crippen molar-refractivity contribution in [2.24, 2.45) is 5.41 Å². The van der Waals surface area contributed by atoms with Crippen LogP contribution in [0.25, 0.3) is 0 Å². The molecule has 4 nitrogen and oxygen atoms in total. The van der Waals surface area contributed by atoms with Gasteiger partial charge in [0.15, 0.2) is 0 Å². The summed E-state index contributed by atoms with van der Waals surface area (Å²) in [5, 5.41) is 3.38. The van der Waals surface area contributed by atoms with Crippen molar-refractivity contribution < 1.29 is 9.53 Å². The van der Waals surface area contributed by atoms with Crippen molar-refractivity contribution in [3.05, 3.63) is 0 Å². The maximum absolute atomic E-state index is 13.0. The summed E-state index contributed by atoms with van der Waals surface area (Å²) in [6, 6.07) is 0.346. The summed E-state index contributed by atoms with van der Waals surface area (Å²) in [7, 11) is 0. The lowest BCUT2D eigenvalue weighted by atomic mass is 9.80. The van der Waals surface area contributed by atoms with Gasteiger partial charge >= 0.3 is 0 Å². The summed E-state index contributed by atoms with van der Waals surface area (Å²) >= 11 is 0. The summed E-state index contributed by atoms with van der Waals surface area (Å²) in [6.07, 6.45) is 7.00. The van der Waals surface area contributed by atoms with Crippen molar-refractivity contribution >= 4 is 5.91 Å². The number of carbonyl (C=O) groups is 1. The van der Waals surface area contributed by atoms with E-state index in [1.165, 1.54) is 12.8 Å². The van der Waals surface area contributed by atoms with E-state index in [1.54, 1.807) is 0 Å². The molecule has 3 aliphatic rings. The Morgan fingerprint density at radius 3 is 3.00 bits per heavy atom. The number of morpholine rings is 1. The van der Waals surface area contributed by atoms with Gasteiger partial charge in [-0.15, -0.1) is 0 Å². The molecule has 0 radical (unpaired) electrons. The van der Waals surface area contributed by atoms with Crippen molar-refractivity contribution in [2.45, 2.75) is 57.6 Å². The summed E-state index contributed by atoms with van der Waals surface area (Å²) in [4.78, 5) is 15.2. The molecule has 2 heterocycles. The molecule has 0 aromatic rings. The second-order valence-corrected chi connectivity index (χ2v) is 6.32. The number of ether oxygens (including phenoxy) is 1. The third-order valence-electron chi connectivity index (χ3n) is 5.37. The third kappa shape index (κ3) is 2.29. The first-order valence-electron chi connectivity index (χ1n) is 7.90. The van der Waals surface area contributed by atoms with Crippen LogP contribution in [0.5, 0.6) is 0 Å². The lowest BCUT2D eigenvalue weighted by Crippen LogP contribution is -2.58. The molecule has 1 N–H and O–H groups in total. The summed E-state index contributed by atoms with van der Waals surface area (Å²) in [5.74, 6) is 0.389. The van der Waals surface area contributed by atoms with Gasteiger partial charge < -0.3 is 15.0 Å². The molecule has 2 saturated heterocycles. The number of nitrogens with zero attached hydrogens (tertiary/aromatic N) is 1. The molecule has 3 unspecified atom stereocenters. The fraction of sp³-hybridized carbons (Fsp3) is 0.933. The molecular weight excluding hydrogens is 240 g/mol. The molecule has 0 aromatic carbocycles. The van der Waals surface area contributed by atoms with Gasteiger partial charge in [-0.2, -0.15) is 0 Å². The summed E-state index contributed by atoms with van der Waals surface area (Å²) < 4.78 is 5.88. The number of rotatable bonds is 2. The van der Waals surface area contributed by atoms with E-state index in [-0.39, 0.29) is 5.41 Å². The molecule has 0 aromatic heterocycles. The molecule has 3 atom stereocenters. The Hall–Kier alpha value is -0.610. The second kappa shape index (κ2) is 5.41. The average Bonchev–Trinajstić information content (AvgIpc) is 2.96. The van der Waals surface area contributed by atoms with Crippen LogP contribution in [-0.2, 0) is 9.53 Å². The highest BCUT2D eigenvalue weighted by Crippen LogP contribution is 2.36. The summed E-state index contributed by atoms with van der Waals surface area (Å²) in [6.45, 7) is 5.51. The third-order valence-corrected chi connectivity index (χ3v) is 5.37. The quantitative estimate of drug-likeness (QED) is 0.824. The van der Waals surface area contributed by atoms with Crippen molar-refractivity contribution in [3.8, 4) is 0 Å². The minimum atomic E-state index is -0.140. The Kier molecular flexibility index (Phi) is 3.81. The van der Waals surface area contributed by atoms with E-state index in [1.807, 2.05) is 0 Å². The van der Waals surface area contributed by atoms with E-state index in [9.17, 15) is 4.79 Å². The number of hydrogen-bond donors (Lipinski definition) is 1. The zero-order chi connectivity index (χ0) is 13.3. The molecule has 1 amide bonds. The molecule has 3 fully saturated rings. The first kappa shape index (κ1) is 13.4. The van der Waals surface area contributed by atoms with Crippen LogP contribution in [-0.4, -0.2) is 49.2 Å². The summed E-state index contributed by atoms with van der Waals surface area (Å²) in [5.41, 5.74) is -0.140. The van der Waals surface area contributed by atoms with Crippen molar-refractivity contribution in [1.82, 2.24) is 10.2 Å². The lowest BCUT2D eigenvalue weighted by molar-refractivity contribution is -0.159. The van der Waals surface area contributed by atoms with Crippen LogP contribution in [0.15, 0.2) is 0 Å². The first-order valence-corrected chi connectivity index (χ1v) is 7.90. The van der Waals surface area contributed by atoms with Crippen LogP contribution in [0.4, 0.5) is 0 Å². The number of nitrogens with one attached hydrogen (secondary N) is 1. The van der Waals surface area contributed by atoms with Gasteiger partial charge in [0.1, 0.15) is 0 Å². The Balaban J connectivity index is 1.77. The van der Waals surface area contributed by atoms with Gasteiger partial charge in [-0.1, -0.05) is 19.8 Å². The maximum atomic E-state index is 13.0. The Morgan fingerprint density at radius 1 is 1.42 bits per heavy atom. The van der Waals surface area contributed by atoms with E-state index in [2.05, 4.69) is 17.1 Å². The molecular formula is C15H26N2O2.